The molecule has 160 valence electrons. The number of hydrogen-bond acceptors (Lipinski definition) is 5. The Balaban J connectivity index is 0.000000212. The number of para-hydroxylation sites is 1. The van der Waals surface area contributed by atoms with E-state index in [2.05, 4.69) is 10.4 Å². The maximum Gasteiger partial charge on any atom is 0.410 e. The lowest BCUT2D eigenvalue weighted by Crippen LogP contribution is -2.43. The first kappa shape index (κ1) is 22.7. The number of carbonyl (C=O) groups is 2. The molecule has 1 fully saturated rings. The number of benzene rings is 1. The van der Waals surface area contributed by atoms with Gasteiger partial charge >= 0.3 is 6.09 Å². The number of hydrogen-bond donors (Lipinski definition) is 1. The molecule has 1 aromatic heterocycles. The van der Waals surface area contributed by atoms with Crippen LogP contribution < -0.4 is 5.32 Å². The fourth-order valence-electron chi connectivity index (χ4n) is 2.96. The number of morpholine rings is 1. The normalized spacial score (nSPS) is 14.8. The molecule has 2 amide bonds. The Morgan fingerprint density at radius 2 is 1.79 bits per heavy atom. The van der Waals surface area contributed by atoms with Crippen LogP contribution in [-0.4, -0.2) is 59.1 Å². The van der Waals surface area contributed by atoms with Crippen molar-refractivity contribution in [1.82, 2.24) is 20.0 Å². The highest BCUT2D eigenvalue weighted by Crippen LogP contribution is 2.26. The molecule has 2 aromatic rings. The van der Waals surface area contributed by atoms with Crippen LogP contribution in [0.15, 0.2) is 24.3 Å². The Morgan fingerprint density at radius 1 is 1.17 bits per heavy atom. The largest absolute Gasteiger partial charge is 0.444 e. The molecule has 8 heteroatoms. The van der Waals surface area contributed by atoms with Gasteiger partial charge in [-0.3, -0.25) is 9.48 Å². The number of nitrogens with one attached hydrogen (secondary N) is 1. The summed E-state index contributed by atoms with van der Waals surface area (Å²) in [7, 11) is 1.91. The number of amides is 2. The molecule has 0 bridgehead atoms. The van der Waals surface area contributed by atoms with E-state index in [0.717, 1.165) is 16.6 Å². The lowest BCUT2D eigenvalue weighted by molar-refractivity contribution is -0.111. The molecule has 0 atom stereocenters. The Hall–Kier alpha value is -2.61. The van der Waals surface area contributed by atoms with Gasteiger partial charge in [0.25, 0.3) is 0 Å². The molecule has 0 aliphatic carbocycles. The second-order valence-corrected chi connectivity index (χ2v) is 8.46. The van der Waals surface area contributed by atoms with E-state index in [1.807, 2.05) is 70.6 Å². The number of carbonyl (C=O) groups excluding carboxylic acids is 2. The maximum atomic E-state index is 11.5. The number of rotatable bonds is 3. The van der Waals surface area contributed by atoms with E-state index in [0.29, 0.717) is 32.7 Å². The van der Waals surface area contributed by atoms with Crippen LogP contribution in [0.5, 0.6) is 0 Å². The number of aryl methyl sites for hydroxylation is 1. The fraction of sp³-hybridized carbons (Fsp3) is 0.571. The lowest BCUT2D eigenvalue weighted by atomic mass is 9.98. The van der Waals surface area contributed by atoms with E-state index in [-0.39, 0.29) is 6.09 Å². The first-order chi connectivity index (χ1) is 13.5. The first-order valence-electron chi connectivity index (χ1n) is 9.74. The average molecular weight is 405 g/mol. The van der Waals surface area contributed by atoms with Gasteiger partial charge in [0.2, 0.25) is 6.41 Å². The average Bonchev–Trinajstić information content (AvgIpc) is 3.00. The Bertz CT molecular complexity index is 833. The van der Waals surface area contributed by atoms with Crippen LogP contribution in [0.25, 0.3) is 10.9 Å². The summed E-state index contributed by atoms with van der Waals surface area (Å²) < 4.78 is 12.2. The molecule has 0 unspecified atom stereocenters. The molecule has 1 aliphatic rings. The molecule has 3 rings (SSSR count). The zero-order chi connectivity index (χ0) is 21.7. The minimum Gasteiger partial charge on any atom is -0.444 e. The van der Waals surface area contributed by atoms with Gasteiger partial charge in [0.15, 0.2) is 0 Å². The van der Waals surface area contributed by atoms with Crippen molar-refractivity contribution in [3.63, 3.8) is 0 Å². The van der Waals surface area contributed by atoms with Gasteiger partial charge in [0, 0.05) is 25.5 Å². The molecule has 0 spiro atoms. The van der Waals surface area contributed by atoms with Gasteiger partial charge in [-0.25, -0.2) is 4.79 Å². The topological polar surface area (TPSA) is 85.7 Å². The highest BCUT2D eigenvalue weighted by atomic mass is 16.6. The molecule has 1 N–H and O–H groups in total. The molecular formula is C21H32N4O4. The van der Waals surface area contributed by atoms with E-state index < -0.39 is 11.1 Å². The minimum atomic E-state index is -0.456. The van der Waals surface area contributed by atoms with Crippen LogP contribution in [0.4, 0.5) is 4.79 Å². The Labute approximate surface area is 172 Å². The third-order valence-electron chi connectivity index (χ3n) is 4.43. The van der Waals surface area contributed by atoms with Crippen LogP contribution in [0.3, 0.4) is 0 Å². The molecule has 8 nitrogen and oxygen atoms in total. The highest BCUT2D eigenvalue weighted by molar-refractivity contribution is 5.83. The summed E-state index contributed by atoms with van der Waals surface area (Å²) in [5, 5.41) is 8.34. The van der Waals surface area contributed by atoms with Crippen LogP contribution in [0.2, 0.25) is 0 Å². The molecular weight excluding hydrogens is 372 g/mol. The quantitative estimate of drug-likeness (QED) is 0.795. The number of ether oxygens (including phenoxy) is 2. The molecule has 1 aliphatic heterocycles. The predicted molar refractivity (Wildman–Crippen MR) is 112 cm³/mol. The SMILES string of the molecule is CC(C)(C)OC(=O)N1CCOCC1.Cn1nc(C(C)(C)NC=O)c2ccccc21. The van der Waals surface area contributed by atoms with Gasteiger partial charge < -0.3 is 19.7 Å². The molecule has 2 heterocycles. The van der Waals surface area contributed by atoms with Gasteiger partial charge in [-0.2, -0.15) is 5.10 Å². The second kappa shape index (κ2) is 9.26. The van der Waals surface area contributed by atoms with Crippen molar-refractivity contribution < 1.29 is 19.1 Å². The van der Waals surface area contributed by atoms with E-state index in [1.165, 1.54) is 0 Å². The molecule has 1 saturated heterocycles. The van der Waals surface area contributed by atoms with Crippen molar-refractivity contribution in [1.29, 1.82) is 0 Å². The summed E-state index contributed by atoms with van der Waals surface area (Å²) in [5.74, 6) is 0. The van der Waals surface area contributed by atoms with Crippen LogP contribution in [0.1, 0.15) is 40.3 Å². The van der Waals surface area contributed by atoms with E-state index in [4.69, 9.17) is 9.47 Å². The fourth-order valence-corrected chi connectivity index (χ4v) is 2.96. The summed E-state index contributed by atoms with van der Waals surface area (Å²) in [6, 6.07) is 7.99. The predicted octanol–water partition coefficient (Wildman–Crippen LogP) is 2.81. The first-order valence-corrected chi connectivity index (χ1v) is 9.74. The van der Waals surface area contributed by atoms with Crippen molar-refractivity contribution >= 4 is 23.4 Å². The molecule has 0 saturated carbocycles. The monoisotopic (exact) mass is 404 g/mol. The molecule has 0 radical (unpaired) electrons. The van der Waals surface area contributed by atoms with E-state index in [1.54, 1.807) is 4.90 Å². The zero-order valence-electron chi connectivity index (χ0n) is 18.2. The van der Waals surface area contributed by atoms with Crippen molar-refractivity contribution in [3.05, 3.63) is 30.0 Å². The van der Waals surface area contributed by atoms with Crippen LogP contribution >= 0.6 is 0 Å². The van der Waals surface area contributed by atoms with Gasteiger partial charge in [-0.1, -0.05) is 18.2 Å². The standard InChI is InChI=1S/C12H15N3O.C9H17NO3/c1-12(2,13-8-16)11-9-6-4-5-7-10(9)15(3)14-11;1-9(2,3)13-8(11)10-4-6-12-7-5-10/h4-8H,1-3H3,(H,13,16);4-7H2,1-3H3. The number of nitrogens with zero attached hydrogens (tertiary/aromatic N) is 3. The smallest absolute Gasteiger partial charge is 0.410 e. The van der Waals surface area contributed by atoms with Crippen molar-refractivity contribution in [3.8, 4) is 0 Å². The molecule has 1 aromatic carbocycles. The summed E-state index contributed by atoms with van der Waals surface area (Å²) in [4.78, 5) is 23.7. The van der Waals surface area contributed by atoms with E-state index >= 15 is 0 Å². The van der Waals surface area contributed by atoms with Gasteiger partial charge in [-0.05, 0) is 40.7 Å². The summed E-state index contributed by atoms with van der Waals surface area (Å²) in [6.45, 7) is 12.0. The van der Waals surface area contributed by atoms with Gasteiger partial charge in [0.05, 0.1) is 30.0 Å². The summed E-state index contributed by atoms with van der Waals surface area (Å²) in [5.41, 5.74) is 1.09. The minimum absolute atomic E-state index is 0.240. The van der Waals surface area contributed by atoms with Crippen molar-refractivity contribution in [2.45, 2.75) is 45.8 Å². The van der Waals surface area contributed by atoms with Crippen molar-refractivity contribution in [2.75, 3.05) is 26.3 Å². The Kier molecular flexibility index (Phi) is 7.24. The van der Waals surface area contributed by atoms with Crippen LogP contribution in [0, 0.1) is 0 Å². The van der Waals surface area contributed by atoms with Crippen LogP contribution in [-0.2, 0) is 26.9 Å². The second-order valence-electron chi connectivity index (χ2n) is 8.46. The number of aromatic nitrogens is 2. The summed E-state index contributed by atoms with van der Waals surface area (Å²) >= 11 is 0. The highest BCUT2D eigenvalue weighted by Gasteiger charge is 2.26. The van der Waals surface area contributed by atoms with Gasteiger partial charge in [0.1, 0.15) is 5.60 Å². The zero-order valence-corrected chi connectivity index (χ0v) is 18.2. The van der Waals surface area contributed by atoms with E-state index in [9.17, 15) is 9.59 Å². The van der Waals surface area contributed by atoms with Crippen molar-refractivity contribution in [2.24, 2.45) is 7.05 Å². The lowest BCUT2D eigenvalue weighted by Gasteiger charge is -2.29. The third-order valence-corrected chi connectivity index (χ3v) is 4.43. The maximum absolute atomic E-state index is 11.5. The molecule has 29 heavy (non-hydrogen) atoms. The number of fused-ring (bicyclic) bond motifs is 1. The summed E-state index contributed by atoms with van der Waals surface area (Å²) in [6.07, 6.45) is 0.472. The Morgan fingerprint density at radius 3 is 2.38 bits per heavy atom. The third kappa shape index (κ3) is 6.19. The van der Waals surface area contributed by atoms with Gasteiger partial charge in [-0.15, -0.1) is 0 Å².